The zero-order valence-corrected chi connectivity index (χ0v) is 15.6. The van der Waals surface area contributed by atoms with Crippen LogP contribution < -0.4 is 10.6 Å². The predicted octanol–water partition coefficient (Wildman–Crippen LogP) is 2.58. The monoisotopic (exact) mass is 364 g/mol. The highest BCUT2D eigenvalue weighted by molar-refractivity contribution is 5.90. The molecule has 1 atom stereocenters. The van der Waals surface area contributed by atoms with Crippen LogP contribution in [0.1, 0.15) is 30.3 Å². The quantitative estimate of drug-likeness (QED) is 0.534. The summed E-state index contributed by atoms with van der Waals surface area (Å²) in [6.45, 7) is 4.47. The number of aromatic amines is 1. The highest BCUT2D eigenvalue weighted by Gasteiger charge is 2.34. The molecule has 0 aliphatic carbocycles. The van der Waals surface area contributed by atoms with Gasteiger partial charge in [-0.25, -0.2) is 0 Å². The largest absolute Gasteiger partial charge is 0.368 e. The van der Waals surface area contributed by atoms with Gasteiger partial charge in [0.15, 0.2) is 5.82 Å². The van der Waals surface area contributed by atoms with Crippen LogP contribution in [0.4, 0.5) is 5.69 Å². The van der Waals surface area contributed by atoms with E-state index in [0.717, 1.165) is 17.7 Å². The minimum absolute atomic E-state index is 0.0811. The first-order valence-electron chi connectivity index (χ1n) is 8.99. The normalized spacial score (nSPS) is 13.0. The molecule has 1 aromatic heterocycles. The first-order chi connectivity index (χ1) is 13.1. The molecular weight excluding hydrogens is 340 g/mol. The summed E-state index contributed by atoms with van der Waals surface area (Å²) < 4.78 is 0. The molecule has 7 heteroatoms. The van der Waals surface area contributed by atoms with Crippen molar-refractivity contribution in [2.45, 2.75) is 32.2 Å². The molecule has 0 fully saturated rings. The van der Waals surface area contributed by atoms with Gasteiger partial charge >= 0.3 is 0 Å². The van der Waals surface area contributed by atoms with Crippen molar-refractivity contribution < 1.29 is 4.79 Å². The van der Waals surface area contributed by atoms with Crippen molar-refractivity contribution in [2.24, 2.45) is 0 Å². The van der Waals surface area contributed by atoms with Gasteiger partial charge in [-0.3, -0.25) is 4.79 Å². The van der Waals surface area contributed by atoms with Crippen LogP contribution in [0.2, 0.25) is 0 Å². The van der Waals surface area contributed by atoms with Crippen LogP contribution in [0.3, 0.4) is 0 Å². The van der Waals surface area contributed by atoms with Crippen molar-refractivity contribution in [2.75, 3.05) is 11.9 Å². The molecule has 2 aromatic carbocycles. The van der Waals surface area contributed by atoms with E-state index in [0.29, 0.717) is 18.8 Å². The number of H-pyrrole nitrogens is 1. The van der Waals surface area contributed by atoms with Crippen LogP contribution in [0.5, 0.6) is 0 Å². The zero-order chi connectivity index (χ0) is 19.1. The van der Waals surface area contributed by atoms with Crippen LogP contribution in [0.15, 0.2) is 54.6 Å². The van der Waals surface area contributed by atoms with Gasteiger partial charge in [-0.05, 0) is 38.0 Å². The molecule has 1 heterocycles. The number of nitrogens with one attached hydrogen (secondary N) is 3. The van der Waals surface area contributed by atoms with E-state index < -0.39 is 5.54 Å². The minimum Gasteiger partial charge on any atom is -0.368 e. The predicted molar refractivity (Wildman–Crippen MR) is 104 cm³/mol. The van der Waals surface area contributed by atoms with Crippen molar-refractivity contribution >= 4 is 11.6 Å². The second-order valence-electron chi connectivity index (χ2n) is 6.67. The van der Waals surface area contributed by atoms with Gasteiger partial charge in [0.05, 0.1) is 0 Å². The van der Waals surface area contributed by atoms with Gasteiger partial charge in [0.1, 0.15) is 5.54 Å². The second-order valence-corrected chi connectivity index (χ2v) is 6.67. The van der Waals surface area contributed by atoms with Gasteiger partial charge in [0, 0.05) is 18.7 Å². The summed E-state index contributed by atoms with van der Waals surface area (Å²) in [4.78, 5) is 13.1. The Bertz CT molecular complexity index is 848. The SMILES string of the molecule is Cc1ccc(N[C@@](C)(C(=O)NCCCc2nn[nH]n2)c2ccccc2)cc1. The van der Waals surface area contributed by atoms with E-state index in [4.69, 9.17) is 0 Å². The minimum atomic E-state index is -0.886. The fraction of sp³-hybridized carbons (Fsp3) is 0.300. The molecule has 0 bridgehead atoms. The number of carbonyl (C=O) groups excluding carboxylic acids is 1. The third-order valence-corrected chi connectivity index (χ3v) is 4.50. The molecule has 0 saturated heterocycles. The lowest BCUT2D eigenvalue weighted by atomic mass is 9.90. The summed E-state index contributed by atoms with van der Waals surface area (Å²) in [6.07, 6.45) is 1.39. The molecule has 0 aliphatic rings. The van der Waals surface area contributed by atoms with E-state index in [1.54, 1.807) is 0 Å². The first kappa shape index (κ1) is 18.6. The summed E-state index contributed by atoms with van der Waals surface area (Å²) in [5.74, 6) is 0.565. The maximum atomic E-state index is 13.1. The molecular formula is C20H24N6O. The number of aromatic nitrogens is 4. The van der Waals surface area contributed by atoms with Crippen LogP contribution in [-0.2, 0) is 16.8 Å². The molecule has 0 saturated carbocycles. The van der Waals surface area contributed by atoms with E-state index in [-0.39, 0.29) is 5.91 Å². The topological polar surface area (TPSA) is 95.6 Å². The van der Waals surface area contributed by atoms with Crippen LogP contribution in [0, 0.1) is 6.92 Å². The van der Waals surface area contributed by atoms with Crippen LogP contribution in [0.25, 0.3) is 0 Å². The summed E-state index contributed by atoms with van der Waals surface area (Å²) in [6, 6.07) is 17.8. The second kappa shape index (κ2) is 8.44. The Morgan fingerprint density at radius 2 is 1.85 bits per heavy atom. The number of anilines is 1. The number of tetrazole rings is 1. The van der Waals surface area contributed by atoms with Gasteiger partial charge in [-0.2, -0.15) is 5.21 Å². The number of carbonyl (C=O) groups is 1. The Morgan fingerprint density at radius 3 is 2.52 bits per heavy atom. The highest BCUT2D eigenvalue weighted by Crippen LogP contribution is 2.26. The highest BCUT2D eigenvalue weighted by atomic mass is 16.2. The Kier molecular flexibility index (Phi) is 5.80. The third-order valence-electron chi connectivity index (χ3n) is 4.50. The molecule has 0 aliphatic heterocycles. The number of rotatable bonds is 8. The maximum absolute atomic E-state index is 13.1. The lowest BCUT2D eigenvalue weighted by Gasteiger charge is -2.31. The number of amides is 1. The van der Waals surface area contributed by atoms with Crippen LogP contribution in [-0.4, -0.2) is 33.1 Å². The number of hydrogen-bond acceptors (Lipinski definition) is 5. The number of hydrogen-bond donors (Lipinski definition) is 3. The summed E-state index contributed by atoms with van der Waals surface area (Å²) in [7, 11) is 0. The Balaban J connectivity index is 1.70. The van der Waals surface area contributed by atoms with Crippen molar-refractivity contribution in [3.05, 3.63) is 71.5 Å². The van der Waals surface area contributed by atoms with Gasteiger partial charge in [-0.1, -0.05) is 53.2 Å². The van der Waals surface area contributed by atoms with Crippen molar-refractivity contribution in [1.82, 2.24) is 25.9 Å². The molecule has 1 amide bonds. The fourth-order valence-electron chi connectivity index (χ4n) is 2.87. The molecule has 3 rings (SSSR count). The van der Waals surface area contributed by atoms with Gasteiger partial charge in [0.2, 0.25) is 5.91 Å². The Labute approximate surface area is 158 Å². The van der Waals surface area contributed by atoms with Gasteiger partial charge < -0.3 is 10.6 Å². The summed E-state index contributed by atoms with van der Waals surface area (Å²) in [5.41, 5.74) is 2.09. The smallest absolute Gasteiger partial charge is 0.250 e. The molecule has 3 N–H and O–H groups in total. The van der Waals surface area contributed by atoms with Gasteiger partial charge in [0.25, 0.3) is 0 Å². The molecule has 3 aromatic rings. The fourth-order valence-corrected chi connectivity index (χ4v) is 2.87. The molecule has 7 nitrogen and oxygen atoms in total. The molecule has 0 unspecified atom stereocenters. The van der Waals surface area contributed by atoms with Crippen molar-refractivity contribution in [3.8, 4) is 0 Å². The van der Waals surface area contributed by atoms with Crippen molar-refractivity contribution in [3.63, 3.8) is 0 Å². The lowest BCUT2D eigenvalue weighted by molar-refractivity contribution is -0.125. The summed E-state index contributed by atoms with van der Waals surface area (Å²) in [5, 5.41) is 20.2. The third kappa shape index (κ3) is 4.69. The molecule has 27 heavy (non-hydrogen) atoms. The van der Waals surface area contributed by atoms with E-state index >= 15 is 0 Å². The van der Waals surface area contributed by atoms with E-state index in [1.807, 2.05) is 68.4 Å². The number of benzene rings is 2. The Hall–Kier alpha value is -3.22. The number of nitrogens with zero attached hydrogens (tertiary/aromatic N) is 3. The average molecular weight is 364 g/mol. The number of aryl methyl sites for hydroxylation is 2. The lowest BCUT2D eigenvalue weighted by Crippen LogP contribution is -2.48. The average Bonchev–Trinajstić information content (AvgIpc) is 3.21. The Morgan fingerprint density at radius 1 is 1.11 bits per heavy atom. The first-order valence-corrected chi connectivity index (χ1v) is 8.99. The van der Waals surface area contributed by atoms with E-state index in [9.17, 15) is 4.79 Å². The molecule has 140 valence electrons. The van der Waals surface area contributed by atoms with Gasteiger partial charge in [-0.15, -0.1) is 10.2 Å². The molecule has 0 radical (unpaired) electrons. The maximum Gasteiger partial charge on any atom is 0.250 e. The van der Waals surface area contributed by atoms with E-state index in [1.165, 1.54) is 5.56 Å². The van der Waals surface area contributed by atoms with E-state index in [2.05, 4.69) is 31.3 Å². The van der Waals surface area contributed by atoms with Crippen LogP contribution >= 0.6 is 0 Å². The summed E-state index contributed by atoms with van der Waals surface area (Å²) >= 11 is 0. The standard InChI is InChI=1S/C20H24N6O/c1-15-10-12-17(13-11-15)22-20(2,16-7-4-3-5-8-16)19(27)21-14-6-9-18-23-25-26-24-18/h3-5,7-8,10-13,22H,6,9,14H2,1-2H3,(H,21,27)(H,23,24,25,26)/t20-/m1/s1. The zero-order valence-electron chi connectivity index (χ0n) is 15.6. The molecule has 0 spiro atoms. The van der Waals surface area contributed by atoms with Crippen molar-refractivity contribution in [1.29, 1.82) is 0 Å².